The SMILES string of the molecule is CCNC1CC(C)CN(C2CCCCC2)C1. The summed E-state index contributed by atoms with van der Waals surface area (Å²) < 4.78 is 0. The lowest BCUT2D eigenvalue weighted by molar-refractivity contribution is 0.0835. The number of likely N-dealkylation sites (tertiary alicyclic amines) is 1. The van der Waals surface area contributed by atoms with Gasteiger partial charge in [0.25, 0.3) is 0 Å². The molecule has 0 aromatic carbocycles. The quantitative estimate of drug-likeness (QED) is 0.793. The van der Waals surface area contributed by atoms with Crippen LogP contribution in [0.1, 0.15) is 52.4 Å². The number of rotatable bonds is 3. The summed E-state index contributed by atoms with van der Waals surface area (Å²) in [6, 6.07) is 1.65. The van der Waals surface area contributed by atoms with Gasteiger partial charge in [-0.1, -0.05) is 33.1 Å². The summed E-state index contributed by atoms with van der Waals surface area (Å²) in [6.07, 6.45) is 8.66. The molecule has 2 rings (SSSR count). The van der Waals surface area contributed by atoms with E-state index in [4.69, 9.17) is 0 Å². The lowest BCUT2D eigenvalue weighted by Crippen LogP contribution is -2.52. The number of likely N-dealkylation sites (N-methyl/N-ethyl adjacent to an activating group) is 1. The van der Waals surface area contributed by atoms with Gasteiger partial charge in [-0.15, -0.1) is 0 Å². The minimum Gasteiger partial charge on any atom is -0.313 e. The van der Waals surface area contributed by atoms with Gasteiger partial charge in [-0.25, -0.2) is 0 Å². The second-order valence-corrected chi connectivity index (χ2v) is 5.84. The average molecular weight is 224 g/mol. The van der Waals surface area contributed by atoms with Gasteiger partial charge in [0.15, 0.2) is 0 Å². The minimum absolute atomic E-state index is 0.746. The molecular weight excluding hydrogens is 196 g/mol. The van der Waals surface area contributed by atoms with Gasteiger partial charge in [0.05, 0.1) is 0 Å². The Balaban J connectivity index is 1.87. The van der Waals surface area contributed by atoms with E-state index in [1.54, 1.807) is 0 Å². The second kappa shape index (κ2) is 6.02. The van der Waals surface area contributed by atoms with E-state index < -0.39 is 0 Å². The number of hydrogen-bond donors (Lipinski definition) is 1. The highest BCUT2D eigenvalue weighted by Crippen LogP contribution is 2.27. The van der Waals surface area contributed by atoms with Gasteiger partial charge in [0.1, 0.15) is 0 Å². The van der Waals surface area contributed by atoms with Crippen molar-refractivity contribution in [2.24, 2.45) is 5.92 Å². The van der Waals surface area contributed by atoms with Crippen LogP contribution in [-0.2, 0) is 0 Å². The van der Waals surface area contributed by atoms with E-state index in [0.29, 0.717) is 0 Å². The minimum atomic E-state index is 0.746. The van der Waals surface area contributed by atoms with Crippen molar-refractivity contribution in [3.05, 3.63) is 0 Å². The van der Waals surface area contributed by atoms with Gasteiger partial charge in [0.2, 0.25) is 0 Å². The third kappa shape index (κ3) is 3.21. The molecule has 1 aliphatic heterocycles. The van der Waals surface area contributed by atoms with Crippen LogP contribution in [0.4, 0.5) is 0 Å². The van der Waals surface area contributed by atoms with Gasteiger partial charge >= 0.3 is 0 Å². The normalized spacial score (nSPS) is 34.1. The first-order chi connectivity index (χ1) is 7.79. The predicted molar refractivity (Wildman–Crippen MR) is 69.7 cm³/mol. The summed E-state index contributed by atoms with van der Waals surface area (Å²) in [5, 5.41) is 3.64. The first-order valence-corrected chi connectivity index (χ1v) is 7.27. The molecule has 0 bridgehead atoms. The molecule has 2 nitrogen and oxygen atoms in total. The number of nitrogens with zero attached hydrogens (tertiary/aromatic N) is 1. The van der Waals surface area contributed by atoms with Gasteiger partial charge in [-0.3, -0.25) is 4.90 Å². The summed E-state index contributed by atoms with van der Waals surface area (Å²) in [4.78, 5) is 2.78. The molecule has 1 N–H and O–H groups in total. The summed E-state index contributed by atoms with van der Waals surface area (Å²) >= 11 is 0. The Morgan fingerprint density at radius 3 is 2.56 bits per heavy atom. The van der Waals surface area contributed by atoms with Crippen LogP contribution in [0.25, 0.3) is 0 Å². The maximum absolute atomic E-state index is 3.64. The fraction of sp³-hybridized carbons (Fsp3) is 1.00. The Labute approximate surface area is 101 Å². The summed E-state index contributed by atoms with van der Waals surface area (Å²) in [5.74, 6) is 0.875. The molecule has 2 unspecified atom stereocenters. The zero-order valence-corrected chi connectivity index (χ0v) is 11.0. The van der Waals surface area contributed by atoms with Gasteiger partial charge < -0.3 is 5.32 Å². The van der Waals surface area contributed by atoms with Gasteiger partial charge in [-0.05, 0) is 31.7 Å². The maximum Gasteiger partial charge on any atom is 0.0198 e. The summed E-state index contributed by atoms with van der Waals surface area (Å²) in [6.45, 7) is 8.40. The van der Waals surface area contributed by atoms with Crippen molar-refractivity contribution < 1.29 is 0 Å². The van der Waals surface area contributed by atoms with Crippen molar-refractivity contribution in [1.82, 2.24) is 10.2 Å². The van der Waals surface area contributed by atoms with Crippen molar-refractivity contribution in [2.45, 2.75) is 64.5 Å². The molecule has 1 aliphatic carbocycles. The Bertz CT molecular complexity index is 199. The Kier molecular flexibility index (Phi) is 4.66. The van der Waals surface area contributed by atoms with Crippen LogP contribution in [-0.4, -0.2) is 36.6 Å². The fourth-order valence-electron chi connectivity index (χ4n) is 3.57. The Morgan fingerprint density at radius 2 is 1.88 bits per heavy atom. The van der Waals surface area contributed by atoms with Crippen molar-refractivity contribution in [3.63, 3.8) is 0 Å². The van der Waals surface area contributed by atoms with Crippen LogP contribution < -0.4 is 5.32 Å². The highest BCUT2D eigenvalue weighted by Gasteiger charge is 2.29. The van der Waals surface area contributed by atoms with Crippen molar-refractivity contribution >= 4 is 0 Å². The zero-order chi connectivity index (χ0) is 11.4. The molecule has 2 aliphatic rings. The molecule has 1 heterocycles. The predicted octanol–water partition coefficient (Wildman–Crippen LogP) is 2.64. The standard InChI is InChI=1S/C14H28N2/c1-3-15-13-9-12(2)10-16(11-13)14-7-5-4-6-8-14/h12-15H,3-11H2,1-2H3. The second-order valence-electron chi connectivity index (χ2n) is 5.84. The molecule has 0 amide bonds. The molecule has 1 saturated carbocycles. The summed E-state index contributed by atoms with van der Waals surface area (Å²) in [5.41, 5.74) is 0. The van der Waals surface area contributed by atoms with E-state index in [1.165, 1.54) is 51.6 Å². The zero-order valence-electron chi connectivity index (χ0n) is 11.0. The van der Waals surface area contributed by atoms with Crippen LogP contribution in [0.15, 0.2) is 0 Å². The molecule has 1 saturated heterocycles. The highest BCUT2D eigenvalue weighted by atomic mass is 15.2. The van der Waals surface area contributed by atoms with Crippen LogP contribution in [0.2, 0.25) is 0 Å². The molecule has 0 aromatic rings. The van der Waals surface area contributed by atoms with E-state index >= 15 is 0 Å². The maximum atomic E-state index is 3.64. The lowest BCUT2D eigenvalue weighted by atomic mass is 9.89. The van der Waals surface area contributed by atoms with Crippen molar-refractivity contribution in [3.8, 4) is 0 Å². The topological polar surface area (TPSA) is 15.3 Å². The number of piperidine rings is 1. The third-order valence-corrected chi connectivity index (χ3v) is 4.27. The smallest absolute Gasteiger partial charge is 0.0198 e. The Hall–Kier alpha value is -0.0800. The lowest BCUT2D eigenvalue weighted by Gasteiger charge is -2.42. The first kappa shape index (κ1) is 12.4. The van der Waals surface area contributed by atoms with E-state index in [1.807, 2.05) is 0 Å². The van der Waals surface area contributed by atoms with E-state index in [-0.39, 0.29) is 0 Å². The van der Waals surface area contributed by atoms with E-state index in [9.17, 15) is 0 Å². The van der Waals surface area contributed by atoms with Gasteiger partial charge in [-0.2, -0.15) is 0 Å². The molecule has 0 aromatic heterocycles. The molecule has 16 heavy (non-hydrogen) atoms. The Morgan fingerprint density at radius 1 is 1.12 bits per heavy atom. The monoisotopic (exact) mass is 224 g/mol. The molecule has 2 heteroatoms. The molecule has 0 radical (unpaired) electrons. The molecule has 2 atom stereocenters. The van der Waals surface area contributed by atoms with Crippen LogP contribution >= 0.6 is 0 Å². The largest absolute Gasteiger partial charge is 0.313 e. The van der Waals surface area contributed by atoms with Crippen LogP contribution in [0.5, 0.6) is 0 Å². The molecule has 0 spiro atoms. The fourth-order valence-corrected chi connectivity index (χ4v) is 3.57. The summed E-state index contributed by atoms with van der Waals surface area (Å²) in [7, 11) is 0. The highest BCUT2D eigenvalue weighted by molar-refractivity contribution is 4.86. The van der Waals surface area contributed by atoms with Crippen molar-refractivity contribution in [2.75, 3.05) is 19.6 Å². The van der Waals surface area contributed by atoms with Gasteiger partial charge in [0, 0.05) is 25.2 Å². The van der Waals surface area contributed by atoms with E-state index in [2.05, 4.69) is 24.1 Å². The van der Waals surface area contributed by atoms with E-state index in [0.717, 1.165) is 24.5 Å². The van der Waals surface area contributed by atoms with Crippen molar-refractivity contribution in [1.29, 1.82) is 0 Å². The number of hydrogen-bond acceptors (Lipinski definition) is 2. The molecule has 94 valence electrons. The molecular formula is C14H28N2. The average Bonchev–Trinajstić information content (AvgIpc) is 2.30. The molecule has 2 fully saturated rings. The third-order valence-electron chi connectivity index (χ3n) is 4.27. The number of nitrogens with one attached hydrogen (secondary N) is 1. The van der Waals surface area contributed by atoms with Crippen LogP contribution in [0, 0.1) is 5.92 Å². The first-order valence-electron chi connectivity index (χ1n) is 7.27. The van der Waals surface area contributed by atoms with Crippen LogP contribution in [0.3, 0.4) is 0 Å².